The lowest BCUT2D eigenvalue weighted by molar-refractivity contribution is -0.292. The summed E-state index contributed by atoms with van der Waals surface area (Å²) in [5.74, 6) is -3.22. The van der Waals surface area contributed by atoms with Gasteiger partial charge in [-0.3, -0.25) is 19.1 Å². The van der Waals surface area contributed by atoms with Crippen molar-refractivity contribution in [1.29, 1.82) is 0 Å². The minimum atomic E-state index is -5.18. The highest BCUT2D eigenvalue weighted by Crippen LogP contribution is 2.49. The first-order valence-corrected chi connectivity index (χ1v) is 23.7. The van der Waals surface area contributed by atoms with Crippen molar-refractivity contribution >= 4 is 24.6 Å². The number of hydrogen-bond acceptors (Lipinski definition) is 10. The summed E-state index contributed by atoms with van der Waals surface area (Å²) in [6, 6.07) is 44.4. The summed E-state index contributed by atoms with van der Waals surface area (Å²) < 4.78 is 88.4. The number of amides is 1. The van der Waals surface area contributed by atoms with Gasteiger partial charge in [0.2, 0.25) is 5.79 Å². The molecule has 1 aromatic heterocycles. The molecule has 17 heteroatoms. The lowest BCUT2D eigenvalue weighted by Crippen LogP contribution is -2.70. The molecule has 5 aromatic carbocycles. The number of ether oxygens (including phenoxy) is 6. The second-order valence-electron chi connectivity index (χ2n) is 17.1. The molecule has 6 aromatic rings. The SMILES string of the molecule is COc1ccc(C(OC[C@@]2(OCCNC(=O)C(F)(F)F)O[C@@H](n3ccc(=O)[nH]c3=O)[C@H](OC)[C@@H]2O[Si](c2ccccc2)(c2ccccc2)C(C)(C)C)(c2ccccc2)c2ccc(OC)cc2)cc1. The average Bonchev–Trinajstić information content (AvgIpc) is 3.64. The molecule has 0 bridgehead atoms. The molecule has 0 spiro atoms. The van der Waals surface area contributed by atoms with Gasteiger partial charge in [0, 0.05) is 25.9 Å². The minimum absolute atomic E-state index is 0.551. The van der Waals surface area contributed by atoms with Crippen molar-refractivity contribution < 1.29 is 50.8 Å². The standard InChI is InChI=1S/C51H54F3N3O10Si/c1-48(2,3)68(40-18-12-8-13-19-40,41-20-14-9-15-21-41)67-44-43(63-6)45(57-32-30-42(58)56-47(57)60)66-49(44,64-33-31-55-46(59)51(52,53)54)34-65-50(35-16-10-7-11-17-35,36-22-26-38(61-4)27-23-36)37-24-28-39(62-5)29-25-37/h7-30,32,43-45H,31,33-34H2,1-6H3,(H,55,59)(H,56,58,60)/t43-,44+,45-,49-/m1/s1. The normalized spacial score (nSPS) is 18.8. The van der Waals surface area contributed by atoms with E-state index in [4.69, 9.17) is 32.8 Å². The second-order valence-corrected chi connectivity index (χ2v) is 21.4. The van der Waals surface area contributed by atoms with E-state index in [1.54, 1.807) is 38.5 Å². The minimum Gasteiger partial charge on any atom is -0.497 e. The molecular weight excluding hydrogens is 900 g/mol. The number of aromatic nitrogens is 2. The summed E-state index contributed by atoms with van der Waals surface area (Å²) in [4.78, 5) is 40.7. The van der Waals surface area contributed by atoms with Gasteiger partial charge in [-0.1, -0.05) is 136 Å². The average molecular weight is 954 g/mol. The Morgan fingerprint density at radius 1 is 0.735 bits per heavy atom. The van der Waals surface area contributed by atoms with Gasteiger partial charge in [0.05, 0.1) is 20.8 Å². The first-order chi connectivity index (χ1) is 32.5. The van der Waals surface area contributed by atoms with Crippen molar-refractivity contribution in [3.05, 3.63) is 189 Å². The van der Waals surface area contributed by atoms with Crippen molar-refractivity contribution in [3.8, 4) is 11.5 Å². The van der Waals surface area contributed by atoms with E-state index in [0.29, 0.717) is 28.2 Å². The smallest absolute Gasteiger partial charge is 0.471 e. The fourth-order valence-electron chi connectivity index (χ4n) is 8.91. The Morgan fingerprint density at radius 2 is 1.24 bits per heavy atom. The molecule has 0 saturated carbocycles. The molecule has 2 N–H and O–H groups in total. The third-order valence-corrected chi connectivity index (χ3v) is 17.1. The zero-order valence-corrected chi connectivity index (χ0v) is 39.5. The highest BCUT2D eigenvalue weighted by atomic mass is 28.4. The molecule has 0 unspecified atom stereocenters. The van der Waals surface area contributed by atoms with Gasteiger partial charge in [-0.05, 0) is 56.4 Å². The molecule has 1 saturated heterocycles. The number of carbonyl (C=O) groups excluding carboxylic acids is 1. The Morgan fingerprint density at radius 3 is 1.69 bits per heavy atom. The maximum atomic E-state index is 13.8. The van der Waals surface area contributed by atoms with Crippen LogP contribution in [-0.4, -0.2) is 89.0 Å². The van der Waals surface area contributed by atoms with Crippen molar-refractivity contribution in [2.24, 2.45) is 0 Å². The van der Waals surface area contributed by atoms with E-state index in [1.807, 2.05) is 121 Å². The fraction of sp³-hybridized carbons (Fsp3) is 0.314. The van der Waals surface area contributed by atoms with Gasteiger partial charge < -0.3 is 38.2 Å². The number of hydrogen-bond donors (Lipinski definition) is 2. The Labute approximate surface area is 392 Å². The number of aromatic amines is 1. The first-order valence-electron chi connectivity index (χ1n) is 21.8. The summed E-state index contributed by atoms with van der Waals surface area (Å²) in [5, 5.41) is 2.91. The van der Waals surface area contributed by atoms with Crippen LogP contribution >= 0.6 is 0 Å². The number of alkyl halides is 3. The van der Waals surface area contributed by atoms with Crippen molar-refractivity contribution in [3.63, 3.8) is 0 Å². The van der Waals surface area contributed by atoms with Crippen molar-refractivity contribution in [2.45, 2.75) is 61.8 Å². The summed E-state index contributed by atoms with van der Waals surface area (Å²) in [5.41, 5.74) is -1.12. The van der Waals surface area contributed by atoms with Gasteiger partial charge in [0.15, 0.2) is 6.23 Å². The molecule has 2 heterocycles. The maximum Gasteiger partial charge on any atom is 0.471 e. The zero-order valence-electron chi connectivity index (χ0n) is 38.5. The Balaban J connectivity index is 1.51. The number of H-pyrrole nitrogens is 1. The lowest BCUT2D eigenvalue weighted by atomic mass is 9.80. The maximum absolute atomic E-state index is 13.8. The van der Waals surface area contributed by atoms with Crippen LogP contribution in [0.3, 0.4) is 0 Å². The van der Waals surface area contributed by atoms with Gasteiger partial charge in [-0.2, -0.15) is 13.2 Å². The van der Waals surface area contributed by atoms with Crippen molar-refractivity contribution in [1.82, 2.24) is 14.9 Å². The first kappa shape index (κ1) is 49.6. The molecule has 1 aliphatic rings. The van der Waals surface area contributed by atoms with Crippen LogP contribution in [0.1, 0.15) is 43.7 Å². The lowest BCUT2D eigenvalue weighted by Gasteiger charge is -2.48. The van der Waals surface area contributed by atoms with Crippen LogP contribution in [0.2, 0.25) is 5.04 Å². The topological polar surface area (TPSA) is 149 Å². The number of rotatable bonds is 18. The Bertz CT molecular complexity index is 2630. The van der Waals surface area contributed by atoms with Crippen LogP contribution in [0.4, 0.5) is 13.2 Å². The summed E-state index contributed by atoms with van der Waals surface area (Å²) in [7, 11) is 0.832. The Hall–Kier alpha value is -6.34. The van der Waals surface area contributed by atoms with Gasteiger partial charge in [-0.25, -0.2) is 4.79 Å². The number of carbonyl (C=O) groups is 1. The van der Waals surface area contributed by atoms with E-state index >= 15 is 0 Å². The highest BCUT2D eigenvalue weighted by molar-refractivity contribution is 6.99. The molecule has 13 nitrogen and oxygen atoms in total. The van der Waals surface area contributed by atoms with Crippen LogP contribution in [0, 0.1) is 0 Å². The van der Waals surface area contributed by atoms with Crippen LogP contribution in [0.25, 0.3) is 0 Å². The quantitative estimate of drug-likeness (QED) is 0.0561. The zero-order chi connectivity index (χ0) is 48.7. The molecular formula is C51H54F3N3O10Si. The third-order valence-electron chi connectivity index (χ3n) is 12.1. The summed E-state index contributed by atoms with van der Waals surface area (Å²) in [6.07, 6.45) is -7.94. The number of benzene rings is 5. The molecule has 1 amide bonds. The molecule has 0 radical (unpaired) electrons. The van der Waals surface area contributed by atoms with Gasteiger partial charge in [-0.15, -0.1) is 0 Å². The van der Waals surface area contributed by atoms with E-state index in [-0.39, 0.29) is 0 Å². The summed E-state index contributed by atoms with van der Waals surface area (Å²) in [6.45, 7) is 4.42. The molecule has 358 valence electrons. The molecule has 4 atom stereocenters. The predicted molar refractivity (Wildman–Crippen MR) is 251 cm³/mol. The molecule has 0 aliphatic carbocycles. The largest absolute Gasteiger partial charge is 0.497 e. The van der Waals surface area contributed by atoms with Gasteiger partial charge in [0.1, 0.15) is 35.9 Å². The van der Waals surface area contributed by atoms with Crippen molar-refractivity contribution in [2.75, 3.05) is 41.1 Å². The van der Waals surface area contributed by atoms with E-state index in [0.717, 1.165) is 21.0 Å². The van der Waals surface area contributed by atoms with Gasteiger partial charge in [0.25, 0.3) is 13.9 Å². The molecule has 7 rings (SSSR count). The number of halogens is 3. The predicted octanol–water partition coefficient (Wildman–Crippen LogP) is 6.44. The monoisotopic (exact) mass is 953 g/mol. The van der Waals surface area contributed by atoms with Crippen LogP contribution in [0.15, 0.2) is 161 Å². The number of methoxy groups -OCH3 is 3. The number of nitrogens with one attached hydrogen (secondary N) is 2. The van der Waals surface area contributed by atoms with Crippen LogP contribution in [-0.2, 0) is 33.8 Å². The summed E-state index contributed by atoms with van der Waals surface area (Å²) >= 11 is 0. The van der Waals surface area contributed by atoms with E-state index in [1.165, 1.54) is 13.3 Å². The molecule has 1 aliphatic heterocycles. The third kappa shape index (κ3) is 9.81. The van der Waals surface area contributed by atoms with Gasteiger partial charge >= 0.3 is 17.8 Å². The molecule has 1 fully saturated rings. The molecule has 68 heavy (non-hydrogen) atoms. The van der Waals surface area contributed by atoms with E-state index in [9.17, 15) is 27.6 Å². The fourth-order valence-corrected chi connectivity index (χ4v) is 13.6. The van der Waals surface area contributed by atoms with E-state index < -0.39 is 86.3 Å². The second kappa shape index (κ2) is 20.5. The van der Waals surface area contributed by atoms with Crippen LogP contribution < -0.4 is 36.4 Å². The van der Waals surface area contributed by atoms with E-state index in [2.05, 4.69) is 25.8 Å². The van der Waals surface area contributed by atoms with Crippen LogP contribution in [0.5, 0.6) is 11.5 Å². The number of nitrogens with zero attached hydrogens (tertiary/aromatic N) is 1. The Kier molecular flexibility index (Phi) is 14.9. The highest BCUT2D eigenvalue weighted by Gasteiger charge is 2.64.